The van der Waals surface area contributed by atoms with Crippen LogP contribution in [0.25, 0.3) is 0 Å². The van der Waals surface area contributed by atoms with Gasteiger partial charge in [-0.1, -0.05) is 12.1 Å². The number of hydrogen-bond acceptors (Lipinski definition) is 6. The zero-order chi connectivity index (χ0) is 22.6. The maximum atomic E-state index is 10.6. The van der Waals surface area contributed by atoms with E-state index in [0.29, 0.717) is 12.5 Å². The summed E-state index contributed by atoms with van der Waals surface area (Å²) in [5, 5.41) is 16.0. The number of aryl methyl sites for hydroxylation is 1. The topological polar surface area (TPSA) is 93.6 Å². The lowest BCUT2D eigenvalue weighted by molar-refractivity contribution is -0.192. The van der Waals surface area contributed by atoms with Crippen molar-refractivity contribution in [3.8, 4) is 0 Å². The Morgan fingerprint density at radius 3 is 2.55 bits per heavy atom. The van der Waals surface area contributed by atoms with E-state index in [9.17, 15) is 13.2 Å². The van der Waals surface area contributed by atoms with Crippen molar-refractivity contribution in [2.45, 2.75) is 57.9 Å². The maximum absolute atomic E-state index is 10.6. The van der Waals surface area contributed by atoms with Crippen LogP contribution in [0.4, 0.5) is 13.2 Å². The van der Waals surface area contributed by atoms with Gasteiger partial charge in [0.1, 0.15) is 17.2 Å². The number of halogens is 3. The van der Waals surface area contributed by atoms with Gasteiger partial charge in [-0.3, -0.25) is 4.90 Å². The van der Waals surface area contributed by atoms with Gasteiger partial charge in [-0.2, -0.15) is 13.2 Å². The summed E-state index contributed by atoms with van der Waals surface area (Å²) in [4.78, 5) is 11.3. The Morgan fingerprint density at radius 2 is 2.00 bits per heavy atom. The van der Waals surface area contributed by atoms with Crippen LogP contribution in [0.3, 0.4) is 0 Å². The molecule has 1 atom stereocenters. The molecule has 2 aliphatic rings. The average molecular weight is 444 g/mol. The molecule has 8 nitrogen and oxygen atoms in total. The second-order valence-corrected chi connectivity index (χ2v) is 7.89. The first-order valence-corrected chi connectivity index (χ1v) is 10.2. The van der Waals surface area contributed by atoms with E-state index in [2.05, 4.69) is 39.0 Å². The van der Waals surface area contributed by atoms with E-state index in [-0.39, 0.29) is 0 Å². The van der Waals surface area contributed by atoms with Crippen molar-refractivity contribution in [2.24, 2.45) is 5.92 Å². The normalized spacial score (nSPS) is 18.9. The quantitative estimate of drug-likeness (QED) is 0.701. The van der Waals surface area contributed by atoms with Crippen LogP contribution in [-0.4, -0.2) is 57.4 Å². The van der Waals surface area contributed by atoms with Gasteiger partial charge in [0.05, 0.1) is 18.8 Å². The van der Waals surface area contributed by atoms with Crippen LogP contribution in [0.2, 0.25) is 0 Å². The second-order valence-electron chi connectivity index (χ2n) is 7.89. The van der Waals surface area contributed by atoms with E-state index in [1.807, 2.05) is 0 Å². The van der Waals surface area contributed by atoms with E-state index in [1.165, 1.54) is 18.5 Å². The Hall–Kier alpha value is -2.40. The van der Waals surface area contributed by atoms with Crippen molar-refractivity contribution >= 4 is 5.97 Å². The molecule has 172 valence electrons. The number of rotatable bonds is 7. The Bertz CT molecular complexity index is 876. The molecule has 1 saturated carbocycles. The van der Waals surface area contributed by atoms with Crippen LogP contribution < -0.4 is 0 Å². The number of aliphatic carboxylic acids is 1. The molecule has 1 aliphatic heterocycles. The van der Waals surface area contributed by atoms with Crippen LogP contribution in [0.1, 0.15) is 48.6 Å². The van der Waals surface area contributed by atoms with E-state index in [0.717, 1.165) is 55.7 Å². The Morgan fingerprint density at radius 1 is 1.32 bits per heavy atom. The summed E-state index contributed by atoms with van der Waals surface area (Å²) in [6.45, 7) is 6.45. The van der Waals surface area contributed by atoms with Crippen molar-refractivity contribution < 1.29 is 32.2 Å². The molecule has 3 heterocycles. The molecule has 2 aromatic rings. The van der Waals surface area contributed by atoms with E-state index >= 15 is 0 Å². The van der Waals surface area contributed by atoms with Crippen molar-refractivity contribution in [2.75, 3.05) is 20.3 Å². The zero-order valence-corrected chi connectivity index (χ0v) is 17.6. The van der Waals surface area contributed by atoms with Gasteiger partial charge in [0, 0.05) is 39.1 Å². The fourth-order valence-corrected chi connectivity index (χ4v) is 3.64. The van der Waals surface area contributed by atoms with Gasteiger partial charge in [-0.15, -0.1) is 5.10 Å². The molecular weight excluding hydrogens is 417 g/mol. The molecule has 1 N–H and O–H groups in total. The number of carbonyl (C=O) groups is 1. The highest BCUT2D eigenvalue weighted by Crippen LogP contribution is 2.34. The standard InChI is InChI=1S/C18H26N4O2.C2HF3O2/c1-3-15-6-7-16(24-15)10-21-9-14(12-23-2)18-17(11-21)19-20-22(18)8-13-4-5-13;3-2(4,5)1(6)7/h6-7,13-14H,3-5,8-12H2,1-2H3;(H,6,7). The fourth-order valence-electron chi connectivity index (χ4n) is 3.64. The third kappa shape index (κ3) is 6.30. The lowest BCUT2D eigenvalue weighted by atomic mass is 9.98. The maximum Gasteiger partial charge on any atom is 0.490 e. The third-order valence-corrected chi connectivity index (χ3v) is 5.27. The third-order valence-electron chi connectivity index (χ3n) is 5.27. The number of carboxylic acids is 1. The zero-order valence-electron chi connectivity index (χ0n) is 17.6. The predicted molar refractivity (Wildman–Crippen MR) is 103 cm³/mol. The van der Waals surface area contributed by atoms with Crippen LogP contribution >= 0.6 is 0 Å². The Kier molecular flexibility index (Phi) is 7.37. The van der Waals surface area contributed by atoms with Crippen molar-refractivity contribution in [1.82, 2.24) is 19.9 Å². The van der Waals surface area contributed by atoms with Gasteiger partial charge >= 0.3 is 12.1 Å². The largest absolute Gasteiger partial charge is 0.490 e. The lowest BCUT2D eigenvalue weighted by Crippen LogP contribution is -2.36. The van der Waals surface area contributed by atoms with Crippen molar-refractivity contribution in [3.63, 3.8) is 0 Å². The molecule has 4 rings (SSSR count). The van der Waals surface area contributed by atoms with Crippen molar-refractivity contribution in [1.29, 1.82) is 0 Å². The number of hydrogen-bond donors (Lipinski definition) is 1. The molecule has 0 saturated heterocycles. The average Bonchev–Trinajstić information content (AvgIpc) is 3.25. The Balaban J connectivity index is 0.000000339. The SMILES string of the molecule is CCc1ccc(CN2Cc3nnn(CC4CC4)c3C(COC)C2)o1.O=C(O)C(F)(F)F. The number of aromatic nitrogens is 3. The predicted octanol–water partition coefficient (Wildman–Crippen LogP) is 3.22. The first-order chi connectivity index (χ1) is 14.7. The molecule has 1 aliphatic carbocycles. The van der Waals surface area contributed by atoms with Crippen LogP contribution in [-0.2, 0) is 35.6 Å². The highest BCUT2D eigenvalue weighted by Gasteiger charge is 2.38. The van der Waals surface area contributed by atoms with Crippen LogP contribution in [0, 0.1) is 5.92 Å². The number of methoxy groups -OCH3 is 1. The summed E-state index contributed by atoms with van der Waals surface area (Å²) in [5.41, 5.74) is 2.39. The minimum Gasteiger partial charge on any atom is -0.475 e. The molecule has 1 unspecified atom stereocenters. The number of nitrogens with zero attached hydrogens (tertiary/aromatic N) is 4. The van der Waals surface area contributed by atoms with E-state index < -0.39 is 12.1 Å². The summed E-state index contributed by atoms with van der Waals surface area (Å²) in [5.74, 6) is 0.441. The van der Waals surface area contributed by atoms with Gasteiger partial charge in [0.15, 0.2) is 0 Å². The Labute approximate surface area is 178 Å². The minimum absolute atomic E-state index is 0.327. The molecule has 11 heteroatoms. The summed E-state index contributed by atoms with van der Waals surface area (Å²) in [7, 11) is 1.77. The lowest BCUT2D eigenvalue weighted by Gasteiger charge is -2.31. The molecule has 0 amide bonds. The number of ether oxygens (including phenoxy) is 1. The number of fused-ring (bicyclic) bond motifs is 1. The fraction of sp³-hybridized carbons (Fsp3) is 0.650. The summed E-state index contributed by atoms with van der Waals surface area (Å²) in [6.07, 6.45) is -1.49. The van der Waals surface area contributed by atoms with Crippen molar-refractivity contribution in [3.05, 3.63) is 35.0 Å². The summed E-state index contributed by atoms with van der Waals surface area (Å²) >= 11 is 0. The molecule has 1 fully saturated rings. The number of alkyl halides is 3. The van der Waals surface area contributed by atoms with Gasteiger partial charge in [0.25, 0.3) is 0 Å². The van der Waals surface area contributed by atoms with Gasteiger partial charge < -0.3 is 14.3 Å². The molecule has 0 spiro atoms. The number of carboxylic acid groups (broad SMARTS) is 1. The second kappa shape index (κ2) is 9.82. The molecular formula is C20H27F3N4O4. The first kappa shape index (κ1) is 23.3. The van der Waals surface area contributed by atoms with Gasteiger partial charge in [-0.05, 0) is 30.9 Å². The minimum atomic E-state index is -5.08. The number of furan rings is 1. The van der Waals surface area contributed by atoms with Crippen LogP contribution in [0.15, 0.2) is 16.5 Å². The van der Waals surface area contributed by atoms with Gasteiger partial charge in [0.2, 0.25) is 0 Å². The molecule has 0 radical (unpaired) electrons. The van der Waals surface area contributed by atoms with Crippen LogP contribution in [0.5, 0.6) is 0 Å². The summed E-state index contributed by atoms with van der Waals surface area (Å²) in [6, 6.07) is 4.16. The van der Waals surface area contributed by atoms with E-state index in [1.54, 1.807) is 7.11 Å². The molecule has 0 aromatic carbocycles. The molecule has 2 aromatic heterocycles. The highest BCUT2D eigenvalue weighted by atomic mass is 19.4. The molecule has 0 bridgehead atoms. The molecule has 31 heavy (non-hydrogen) atoms. The van der Waals surface area contributed by atoms with E-state index in [4.69, 9.17) is 19.1 Å². The highest BCUT2D eigenvalue weighted by molar-refractivity contribution is 5.73. The monoisotopic (exact) mass is 444 g/mol. The summed E-state index contributed by atoms with van der Waals surface area (Å²) < 4.78 is 45.2. The first-order valence-electron chi connectivity index (χ1n) is 10.2. The smallest absolute Gasteiger partial charge is 0.475 e. The van der Waals surface area contributed by atoms with Gasteiger partial charge in [-0.25, -0.2) is 9.48 Å².